The molecule has 3 nitrogen and oxygen atoms in total. The third-order valence-corrected chi connectivity index (χ3v) is 5.35. The standard InChI is InChI=1S/C18H24O3S/c1-22-17-11-10-13(18(19)21-15-8-4-5-9-15)12-16(17)20-14-6-2-3-7-14/h10-12,14-15H,2-9H2,1H3. The fourth-order valence-corrected chi connectivity index (χ4v) is 3.82. The number of carbonyl (C=O) groups excluding carboxylic acids is 1. The van der Waals surface area contributed by atoms with E-state index in [4.69, 9.17) is 9.47 Å². The van der Waals surface area contributed by atoms with Gasteiger partial charge in [0.05, 0.1) is 11.7 Å². The summed E-state index contributed by atoms with van der Waals surface area (Å²) >= 11 is 1.66. The van der Waals surface area contributed by atoms with E-state index < -0.39 is 0 Å². The van der Waals surface area contributed by atoms with E-state index in [1.54, 1.807) is 11.8 Å². The maximum atomic E-state index is 12.3. The maximum Gasteiger partial charge on any atom is 0.338 e. The molecule has 0 heterocycles. The van der Waals surface area contributed by atoms with Crippen LogP contribution >= 0.6 is 11.8 Å². The number of rotatable bonds is 5. The molecule has 120 valence electrons. The Hall–Kier alpha value is -1.16. The Bertz CT molecular complexity index is 517. The zero-order chi connectivity index (χ0) is 15.4. The van der Waals surface area contributed by atoms with Crippen LogP contribution in [0.1, 0.15) is 61.7 Å². The molecule has 1 aromatic carbocycles. The van der Waals surface area contributed by atoms with Crippen LogP contribution < -0.4 is 4.74 Å². The first kappa shape index (κ1) is 15.7. The lowest BCUT2D eigenvalue weighted by molar-refractivity contribution is 0.0317. The van der Waals surface area contributed by atoms with Crippen molar-refractivity contribution in [2.45, 2.75) is 68.5 Å². The summed E-state index contributed by atoms with van der Waals surface area (Å²) in [6, 6.07) is 5.69. The van der Waals surface area contributed by atoms with E-state index in [-0.39, 0.29) is 12.1 Å². The second-order valence-corrected chi connectivity index (χ2v) is 7.05. The second-order valence-electron chi connectivity index (χ2n) is 6.20. The highest BCUT2D eigenvalue weighted by Gasteiger charge is 2.22. The summed E-state index contributed by atoms with van der Waals surface area (Å²) in [6.45, 7) is 0. The van der Waals surface area contributed by atoms with Crippen molar-refractivity contribution < 1.29 is 14.3 Å². The Kier molecular flexibility index (Phi) is 5.29. The van der Waals surface area contributed by atoms with Crippen molar-refractivity contribution in [3.8, 4) is 5.75 Å². The molecule has 4 heteroatoms. The van der Waals surface area contributed by atoms with E-state index in [0.29, 0.717) is 11.7 Å². The highest BCUT2D eigenvalue weighted by Crippen LogP contribution is 2.33. The van der Waals surface area contributed by atoms with Gasteiger partial charge in [0, 0.05) is 4.90 Å². The molecule has 0 unspecified atom stereocenters. The van der Waals surface area contributed by atoms with Crippen molar-refractivity contribution in [3.05, 3.63) is 23.8 Å². The molecule has 3 rings (SSSR count). The van der Waals surface area contributed by atoms with Gasteiger partial charge in [0.2, 0.25) is 0 Å². The largest absolute Gasteiger partial charge is 0.489 e. The topological polar surface area (TPSA) is 35.5 Å². The maximum absolute atomic E-state index is 12.3. The Morgan fingerprint density at radius 1 is 1.05 bits per heavy atom. The highest BCUT2D eigenvalue weighted by atomic mass is 32.2. The van der Waals surface area contributed by atoms with Gasteiger partial charge in [-0.2, -0.15) is 0 Å². The molecule has 0 aromatic heterocycles. The van der Waals surface area contributed by atoms with Gasteiger partial charge in [-0.15, -0.1) is 11.8 Å². The van der Waals surface area contributed by atoms with E-state index in [1.165, 1.54) is 25.7 Å². The van der Waals surface area contributed by atoms with Crippen LogP contribution in [-0.2, 0) is 4.74 Å². The first-order chi connectivity index (χ1) is 10.8. The minimum absolute atomic E-state index is 0.104. The van der Waals surface area contributed by atoms with Crippen LogP contribution in [0.2, 0.25) is 0 Å². The van der Waals surface area contributed by atoms with Crippen molar-refractivity contribution in [1.29, 1.82) is 0 Å². The average molecular weight is 320 g/mol. The summed E-state index contributed by atoms with van der Waals surface area (Å²) in [5.41, 5.74) is 0.609. The van der Waals surface area contributed by atoms with Gasteiger partial charge in [-0.3, -0.25) is 0 Å². The Morgan fingerprint density at radius 2 is 1.68 bits per heavy atom. The number of benzene rings is 1. The van der Waals surface area contributed by atoms with Gasteiger partial charge < -0.3 is 9.47 Å². The number of thioether (sulfide) groups is 1. The fraction of sp³-hybridized carbons (Fsp3) is 0.611. The predicted octanol–water partition coefficient (Wildman–Crippen LogP) is 4.83. The van der Waals surface area contributed by atoms with Crippen molar-refractivity contribution >= 4 is 17.7 Å². The fourth-order valence-electron chi connectivity index (χ4n) is 3.31. The third kappa shape index (κ3) is 3.78. The molecule has 0 amide bonds. The zero-order valence-electron chi connectivity index (χ0n) is 13.2. The van der Waals surface area contributed by atoms with Crippen LogP contribution in [0.15, 0.2) is 23.1 Å². The quantitative estimate of drug-likeness (QED) is 0.575. The lowest BCUT2D eigenvalue weighted by Crippen LogP contribution is -2.16. The Labute approximate surface area is 136 Å². The predicted molar refractivity (Wildman–Crippen MR) is 88.8 cm³/mol. The summed E-state index contributed by atoms with van der Waals surface area (Å²) in [5, 5.41) is 0. The Balaban J connectivity index is 1.71. The van der Waals surface area contributed by atoms with Crippen LogP contribution in [0.5, 0.6) is 5.75 Å². The minimum Gasteiger partial charge on any atom is -0.489 e. The molecule has 2 fully saturated rings. The normalized spacial score (nSPS) is 19.5. The van der Waals surface area contributed by atoms with Gasteiger partial charge in [-0.05, 0) is 75.8 Å². The third-order valence-electron chi connectivity index (χ3n) is 4.57. The number of hydrogen-bond acceptors (Lipinski definition) is 4. The average Bonchev–Trinajstić information content (AvgIpc) is 3.21. The van der Waals surface area contributed by atoms with Crippen LogP contribution in [0.3, 0.4) is 0 Å². The molecule has 2 aliphatic rings. The van der Waals surface area contributed by atoms with E-state index in [1.807, 2.05) is 24.5 Å². The molecular weight excluding hydrogens is 296 g/mol. The molecule has 0 spiro atoms. The van der Waals surface area contributed by atoms with Crippen LogP contribution in [-0.4, -0.2) is 24.4 Å². The van der Waals surface area contributed by atoms with Gasteiger partial charge in [-0.1, -0.05) is 0 Å². The van der Waals surface area contributed by atoms with E-state index in [2.05, 4.69) is 0 Å². The number of esters is 1. The summed E-state index contributed by atoms with van der Waals surface area (Å²) in [7, 11) is 0. The van der Waals surface area contributed by atoms with Gasteiger partial charge in [0.1, 0.15) is 11.9 Å². The molecule has 0 bridgehead atoms. The van der Waals surface area contributed by atoms with Crippen LogP contribution in [0.25, 0.3) is 0 Å². The smallest absolute Gasteiger partial charge is 0.338 e. The van der Waals surface area contributed by atoms with Gasteiger partial charge in [-0.25, -0.2) is 4.79 Å². The molecule has 0 radical (unpaired) electrons. The molecule has 22 heavy (non-hydrogen) atoms. The first-order valence-electron chi connectivity index (χ1n) is 8.32. The van der Waals surface area contributed by atoms with Crippen LogP contribution in [0.4, 0.5) is 0 Å². The SMILES string of the molecule is CSc1ccc(C(=O)OC2CCCC2)cc1OC1CCCC1. The van der Waals surface area contributed by atoms with E-state index >= 15 is 0 Å². The molecule has 0 atom stereocenters. The molecule has 2 saturated carbocycles. The summed E-state index contributed by atoms with van der Waals surface area (Å²) in [4.78, 5) is 13.4. The molecule has 1 aromatic rings. The summed E-state index contributed by atoms with van der Waals surface area (Å²) in [5.74, 6) is 0.621. The lowest BCUT2D eigenvalue weighted by Gasteiger charge is -2.17. The molecule has 2 aliphatic carbocycles. The van der Waals surface area contributed by atoms with Gasteiger partial charge in [0.15, 0.2) is 0 Å². The highest BCUT2D eigenvalue weighted by molar-refractivity contribution is 7.98. The monoisotopic (exact) mass is 320 g/mol. The second kappa shape index (κ2) is 7.40. The minimum atomic E-state index is -0.212. The summed E-state index contributed by atoms with van der Waals surface area (Å²) in [6.07, 6.45) is 11.5. The van der Waals surface area contributed by atoms with Crippen molar-refractivity contribution in [2.24, 2.45) is 0 Å². The van der Waals surface area contributed by atoms with E-state index in [0.717, 1.165) is 36.3 Å². The van der Waals surface area contributed by atoms with Gasteiger partial charge >= 0.3 is 5.97 Å². The Morgan fingerprint density at radius 3 is 2.32 bits per heavy atom. The van der Waals surface area contributed by atoms with Crippen LogP contribution in [0, 0.1) is 0 Å². The molecule has 0 saturated heterocycles. The number of hydrogen-bond donors (Lipinski definition) is 0. The molecule has 0 aliphatic heterocycles. The molecule has 0 N–H and O–H groups in total. The molecular formula is C18H24O3S. The first-order valence-corrected chi connectivity index (χ1v) is 9.54. The zero-order valence-corrected chi connectivity index (χ0v) is 14.0. The number of carbonyl (C=O) groups is 1. The van der Waals surface area contributed by atoms with Crippen molar-refractivity contribution in [1.82, 2.24) is 0 Å². The van der Waals surface area contributed by atoms with Crippen molar-refractivity contribution in [2.75, 3.05) is 6.26 Å². The van der Waals surface area contributed by atoms with Crippen molar-refractivity contribution in [3.63, 3.8) is 0 Å². The van der Waals surface area contributed by atoms with E-state index in [9.17, 15) is 4.79 Å². The summed E-state index contributed by atoms with van der Waals surface area (Å²) < 4.78 is 11.7. The lowest BCUT2D eigenvalue weighted by atomic mass is 10.2. The van der Waals surface area contributed by atoms with Gasteiger partial charge in [0.25, 0.3) is 0 Å². The number of ether oxygens (including phenoxy) is 2.